The van der Waals surface area contributed by atoms with Crippen LogP contribution in [0.4, 0.5) is 17.1 Å². The molecular weight excluding hydrogens is 883 g/mol. The van der Waals surface area contributed by atoms with Gasteiger partial charge in [-0.15, -0.1) is 0 Å². The number of nitrogens with two attached hydrogens (primary N) is 3. The topological polar surface area (TPSA) is 212 Å². The molecule has 0 aliphatic carbocycles. The molecule has 0 amide bonds. The molecule has 360 valence electrons. The lowest BCUT2D eigenvalue weighted by Crippen LogP contribution is -2.00. The van der Waals surface area contributed by atoms with Crippen LogP contribution < -0.4 is 59.8 Å². The molecule has 6 rings (SSSR count). The third-order valence-electron chi connectivity index (χ3n) is 10.0. The first-order chi connectivity index (χ1) is 33.3. The average Bonchev–Trinajstić information content (AvgIpc) is 3.38. The fraction of sp³-hybridized carbons (Fsp3) is 0.167. The Labute approximate surface area is 402 Å². The number of carbonyl (C=O) groups is 3. The van der Waals surface area contributed by atoms with Gasteiger partial charge in [0.05, 0.1) is 64.0 Å². The number of rotatable bonds is 18. The van der Waals surface area contributed by atoms with Gasteiger partial charge < -0.3 is 59.8 Å². The third-order valence-corrected chi connectivity index (χ3v) is 10.0. The minimum absolute atomic E-state index is 0.170. The van der Waals surface area contributed by atoms with E-state index in [1.807, 2.05) is 0 Å². The fourth-order valence-corrected chi connectivity index (χ4v) is 6.54. The van der Waals surface area contributed by atoms with Gasteiger partial charge in [0.25, 0.3) is 0 Å². The summed E-state index contributed by atoms with van der Waals surface area (Å²) in [6.07, 6.45) is 9.43. The van der Waals surface area contributed by atoms with Crippen molar-refractivity contribution in [1.82, 2.24) is 0 Å². The molecule has 0 radical (unpaired) electrons. The molecule has 0 aliphatic heterocycles. The number of hydrogen-bond donors (Lipinski definition) is 3. The molecule has 0 saturated carbocycles. The highest BCUT2D eigenvalue weighted by Crippen LogP contribution is 2.40. The van der Waals surface area contributed by atoms with Crippen molar-refractivity contribution < 1.29 is 57.0 Å². The molecule has 15 nitrogen and oxygen atoms in total. The lowest BCUT2D eigenvalue weighted by molar-refractivity contribution is 0.104. The fourth-order valence-electron chi connectivity index (χ4n) is 6.54. The van der Waals surface area contributed by atoms with E-state index in [4.69, 9.17) is 59.8 Å². The Morgan fingerprint density at radius 1 is 0.333 bits per heavy atom. The van der Waals surface area contributed by atoms with Crippen LogP contribution in [0, 0.1) is 0 Å². The predicted molar refractivity (Wildman–Crippen MR) is 271 cm³/mol. The molecule has 0 heterocycles. The van der Waals surface area contributed by atoms with Gasteiger partial charge in [0.1, 0.15) is 0 Å². The van der Waals surface area contributed by atoms with Crippen molar-refractivity contribution in [2.75, 3.05) is 81.2 Å². The summed E-state index contributed by atoms with van der Waals surface area (Å²) in [7, 11) is 13.9. The average molecular weight is 940 g/mol. The highest BCUT2D eigenvalue weighted by molar-refractivity contribution is 6.11. The second-order valence-electron chi connectivity index (χ2n) is 14.2. The van der Waals surface area contributed by atoms with Crippen LogP contribution in [0.15, 0.2) is 127 Å². The molecule has 0 atom stereocenters. The minimum Gasteiger partial charge on any atom is -0.493 e. The van der Waals surface area contributed by atoms with E-state index < -0.39 is 0 Å². The molecule has 0 fully saturated rings. The van der Waals surface area contributed by atoms with Gasteiger partial charge in [-0.2, -0.15) is 0 Å². The third kappa shape index (κ3) is 14.1. The molecule has 6 aromatic carbocycles. The van der Waals surface area contributed by atoms with Crippen molar-refractivity contribution in [3.05, 3.63) is 161 Å². The predicted octanol–water partition coefficient (Wildman–Crippen LogP) is 9.57. The maximum Gasteiger partial charge on any atom is 0.203 e. The van der Waals surface area contributed by atoms with Crippen molar-refractivity contribution in [3.63, 3.8) is 0 Å². The van der Waals surface area contributed by atoms with Gasteiger partial charge in [-0.3, -0.25) is 14.4 Å². The van der Waals surface area contributed by atoms with Crippen LogP contribution in [0.25, 0.3) is 18.2 Å². The zero-order valence-corrected chi connectivity index (χ0v) is 40.0. The molecule has 0 unspecified atom stereocenters. The second-order valence-corrected chi connectivity index (χ2v) is 14.2. The normalized spacial score (nSPS) is 10.6. The van der Waals surface area contributed by atoms with Crippen molar-refractivity contribution in [3.8, 4) is 51.7 Å². The Hall–Kier alpha value is -8.85. The van der Waals surface area contributed by atoms with Crippen LogP contribution in [0.1, 0.15) is 47.8 Å². The standard InChI is InChI=1S/3C18H19NO4/c3*1-21-16-10-12(11-17(22-2)18(16)23-3)8-9-15(20)13-6-4-5-7-14(13)19/h3*4-11H,19H2,1-3H3/b3*9-8+. The molecule has 6 N–H and O–H groups in total. The monoisotopic (exact) mass is 939 g/mol. The highest BCUT2D eigenvalue weighted by atomic mass is 16.5. The number of nitrogen functional groups attached to an aromatic ring is 3. The SMILES string of the molecule is COc1cc(/C=C/C(=O)c2ccccc2N)cc(OC)c1OC.COc1cc(/C=C/C(=O)c2ccccc2N)cc(OC)c1OC.COc1cc(/C=C/C(=O)c2ccccc2N)cc(OC)c1OC. The number of hydrogen-bond acceptors (Lipinski definition) is 15. The maximum absolute atomic E-state index is 12.2. The molecular formula is C54H57N3O12. The van der Waals surface area contributed by atoms with E-state index in [9.17, 15) is 14.4 Å². The van der Waals surface area contributed by atoms with Gasteiger partial charge >= 0.3 is 0 Å². The molecule has 0 aliphatic rings. The van der Waals surface area contributed by atoms with Crippen LogP contribution in [0.2, 0.25) is 0 Å². The summed E-state index contributed by atoms with van der Waals surface area (Å²) in [4.78, 5) is 36.7. The van der Waals surface area contributed by atoms with Crippen molar-refractivity contribution in [2.24, 2.45) is 0 Å². The zero-order valence-electron chi connectivity index (χ0n) is 40.0. The van der Waals surface area contributed by atoms with E-state index in [-0.39, 0.29) is 17.3 Å². The first-order valence-electron chi connectivity index (χ1n) is 20.9. The Morgan fingerprint density at radius 3 is 0.710 bits per heavy atom. The van der Waals surface area contributed by atoms with E-state index >= 15 is 0 Å². The Balaban J connectivity index is 0.000000225. The number of ether oxygens (including phenoxy) is 9. The first kappa shape index (κ1) is 52.8. The lowest BCUT2D eigenvalue weighted by atomic mass is 10.1. The van der Waals surface area contributed by atoms with E-state index in [1.54, 1.807) is 170 Å². The maximum atomic E-state index is 12.2. The van der Waals surface area contributed by atoms with E-state index in [1.165, 1.54) is 39.6 Å². The molecule has 0 saturated heterocycles. The van der Waals surface area contributed by atoms with Gasteiger partial charge in [-0.1, -0.05) is 54.6 Å². The summed E-state index contributed by atoms with van der Waals surface area (Å²) in [6, 6.07) is 31.4. The molecule has 15 heteroatoms. The van der Waals surface area contributed by atoms with Gasteiger partial charge in [0, 0.05) is 33.8 Å². The number of allylic oxidation sites excluding steroid dienone is 3. The number of methoxy groups -OCH3 is 9. The van der Waals surface area contributed by atoms with E-state index in [0.29, 0.717) is 85.5 Å². The van der Waals surface area contributed by atoms with Gasteiger partial charge in [0.2, 0.25) is 17.2 Å². The Morgan fingerprint density at radius 2 is 0.536 bits per heavy atom. The van der Waals surface area contributed by atoms with E-state index in [2.05, 4.69) is 0 Å². The summed E-state index contributed by atoms with van der Waals surface area (Å²) in [6.45, 7) is 0. The van der Waals surface area contributed by atoms with Crippen molar-refractivity contribution in [1.29, 1.82) is 0 Å². The van der Waals surface area contributed by atoms with Crippen molar-refractivity contribution in [2.45, 2.75) is 0 Å². The number of para-hydroxylation sites is 3. The number of ketones is 3. The molecule has 6 aromatic rings. The minimum atomic E-state index is -0.170. The van der Waals surface area contributed by atoms with Crippen LogP contribution in [-0.2, 0) is 0 Å². The van der Waals surface area contributed by atoms with E-state index in [0.717, 1.165) is 16.7 Å². The Bertz CT molecular complexity index is 2440. The van der Waals surface area contributed by atoms with Gasteiger partial charge in [0.15, 0.2) is 51.8 Å². The largest absolute Gasteiger partial charge is 0.493 e. The number of benzene rings is 6. The number of carbonyl (C=O) groups excluding carboxylic acids is 3. The second kappa shape index (κ2) is 26.3. The molecule has 0 bridgehead atoms. The summed E-state index contributed by atoms with van der Waals surface area (Å²) >= 11 is 0. The molecule has 0 aromatic heterocycles. The van der Waals surface area contributed by atoms with Gasteiger partial charge in [-0.25, -0.2) is 0 Å². The van der Waals surface area contributed by atoms with Crippen LogP contribution in [0.3, 0.4) is 0 Å². The summed E-state index contributed by atoms with van der Waals surface area (Å²) < 4.78 is 47.5. The van der Waals surface area contributed by atoms with Gasteiger partial charge in [-0.05, 0) is 108 Å². The molecule has 0 spiro atoms. The lowest BCUT2D eigenvalue weighted by Gasteiger charge is -2.12. The quantitative estimate of drug-likeness (QED) is 0.0416. The first-order valence-corrected chi connectivity index (χ1v) is 20.9. The highest BCUT2D eigenvalue weighted by Gasteiger charge is 2.16. The Kier molecular flexibility index (Phi) is 20.1. The summed E-state index contributed by atoms with van der Waals surface area (Å²) in [5.41, 5.74) is 22.4. The smallest absolute Gasteiger partial charge is 0.203 e. The summed E-state index contributed by atoms with van der Waals surface area (Å²) in [5.74, 6) is 4.16. The summed E-state index contributed by atoms with van der Waals surface area (Å²) in [5, 5.41) is 0. The van der Waals surface area contributed by atoms with Crippen LogP contribution in [0.5, 0.6) is 51.7 Å². The van der Waals surface area contributed by atoms with Crippen molar-refractivity contribution >= 4 is 52.6 Å². The zero-order chi connectivity index (χ0) is 50.5. The van der Waals surface area contributed by atoms with Crippen LogP contribution in [-0.4, -0.2) is 81.3 Å². The van der Waals surface area contributed by atoms with Crippen LogP contribution >= 0.6 is 0 Å². The molecule has 69 heavy (non-hydrogen) atoms. The number of anilines is 3.